The first-order valence-electron chi connectivity index (χ1n) is 7.39. The van der Waals surface area contributed by atoms with E-state index in [-0.39, 0.29) is 17.0 Å². The van der Waals surface area contributed by atoms with Gasteiger partial charge in [-0.05, 0) is 41.9 Å². The Morgan fingerprint density at radius 1 is 1.12 bits per heavy atom. The first-order valence-corrected chi connectivity index (χ1v) is 8.14. The molecule has 0 amide bonds. The molecule has 0 fully saturated rings. The van der Waals surface area contributed by atoms with Crippen molar-refractivity contribution in [2.24, 2.45) is 0 Å². The van der Waals surface area contributed by atoms with Gasteiger partial charge in [0, 0.05) is 18.0 Å². The SMILES string of the molecule is O=C(C=Cc1ccccn1)OCc1c(Cl)nc(Cl)n1-c1ccccc1. The monoisotopic (exact) mass is 373 g/mol. The molecule has 0 saturated heterocycles. The van der Waals surface area contributed by atoms with Gasteiger partial charge < -0.3 is 4.74 Å². The Bertz CT molecular complexity index is 893. The van der Waals surface area contributed by atoms with Gasteiger partial charge in [0.25, 0.3) is 0 Å². The molecule has 0 saturated carbocycles. The zero-order chi connectivity index (χ0) is 17.6. The van der Waals surface area contributed by atoms with Crippen LogP contribution in [0.5, 0.6) is 0 Å². The van der Waals surface area contributed by atoms with Crippen molar-refractivity contribution in [2.45, 2.75) is 6.61 Å². The van der Waals surface area contributed by atoms with Gasteiger partial charge in [0.2, 0.25) is 5.28 Å². The third-order valence-corrected chi connectivity index (χ3v) is 3.88. The second kappa shape index (κ2) is 7.96. The van der Waals surface area contributed by atoms with E-state index in [0.29, 0.717) is 11.4 Å². The molecule has 3 rings (SSSR count). The van der Waals surface area contributed by atoms with Crippen LogP contribution in [0, 0.1) is 0 Å². The number of rotatable bonds is 5. The normalized spacial score (nSPS) is 11.0. The van der Waals surface area contributed by atoms with Gasteiger partial charge in [-0.1, -0.05) is 35.9 Å². The Balaban J connectivity index is 1.73. The quantitative estimate of drug-likeness (QED) is 0.493. The molecule has 0 unspecified atom stereocenters. The fourth-order valence-electron chi connectivity index (χ4n) is 2.18. The van der Waals surface area contributed by atoms with Crippen LogP contribution in [0.15, 0.2) is 60.8 Å². The molecule has 0 radical (unpaired) electrons. The predicted molar refractivity (Wildman–Crippen MR) is 96.7 cm³/mol. The first kappa shape index (κ1) is 17.2. The largest absolute Gasteiger partial charge is 0.456 e. The van der Waals surface area contributed by atoms with Crippen molar-refractivity contribution in [1.29, 1.82) is 0 Å². The van der Waals surface area contributed by atoms with Crippen molar-refractivity contribution in [3.05, 3.63) is 82.6 Å². The maximum atomic E-state index is 11.9. The molecule has 1 aromatic carbocycles. The molecule has 0 aliphatic heterocycles. The molecule has 126 valence electrons. The van der Waals surface area contributed by atoms with Crippen molar-refractivity contribution in [3.63, 3.8) is 0 Å². The number of benzene rings is 1. The number of carbonyl (C=O) groups excluding carboxylic acids is 1. The number of esters is 1. The van der Waals surface area contributed by atoms with Crippen molar-refractivity contribution < 1.29 is 9.53 Å². The third kappa shape index (κ3) is 4.26. The van der Waals surface area contributed by atoms with E-state index in [0.717, 1.165) is 5.69 Å². The number of hydrogen-bond donors (Lipinski definition) is 0. The van der Waals surface area contributed by atoms with E-state index < -0.39 is 5.97 Å². The van der Waals surface area contributed by atoms with E-state index in [2.05, 4.69) is 9.97 Å². The minimum atomic E-state index is -0.515. The van der Waals surface area contributed by atoms with Crippen LogP contribution in [0.25, 0.3) is 11.8 Å². The Morgan fingerprint density at radius 3 is 2.60 bits per heavy atom. The summed E-state index contributed by atoms with van der Waals surface area (Å²) in [5.41, 5.74) is 1.94. The van der Waals surface area contributed by atoms with Crippen LogP contribution in [0.1, 0.15) is 11.4 Å². The Morgan fingerprint density at radius 2 is 1.88 bits per heavy atom. The number of carbonyl (C=O) groups is 1. The van der Waals surface area contributed by atoms with E-state index in [1.807, 2.05) is 36.4 Å². The lowest BCUT2D eigenvalue weighted by Gasteiger charge is -2.09. The first-order chi connectivity index (χ1) is 12.1. The van der Waals surface area contributed by atoms with Gasteiger partial charge in [0.15, 0.2) is 5.15 Å². The van der Waals surface area contributed by atoms with Crippen LogP contribution in [0.2, 0.25) is 10.4 Å². The highest BCUT2D eigenvalue weighted by molar-refractivity contribution is 6.33. The molecule has 0 bridgehead atoms. The maximum Gasteiger partial charge on any atom is 0.331 e. The smallest absolute Gasteiger partial charge is 0.331 e. The minimum absolute atomic E-state index is 0.0567. The average molecular weight is 374 g/mol. The summed E-state index contributed by atoms with van der Waals surface area (Å²) in [5.74, 6) is -0.515. The van der Waals surface area contributed by atoms with E-state index in [1.165, 1.54) is 6.08 Å². The fourth-order valence-corrected chi connectivity index (χ4v) is 2.72. The molecular formula is C18H13Cl2N3O2. The summed E-state index contributed by atoms with van der Waals surface area (Å²) in [6.07, 6.45) is 4.53. The Labute approximate surface area is 154 Å². The molecule has 5 nitrogen and oxygen atoms in total. The van der Waals surface area contributed by atoms with Crippen LogP contribution in [-0.2, 0) is 16.1 Å². The van der Waals surface area contributed by atoms with Gasteiger partial charge in [-0.3, -0.25) is 9.55 Å². The second-order valence-corrected chi connectivity index (χ2v) is 5.68. The van der Waals surface area contributed by atoms with Gasteiger partial charge >= 0.3 is 5.97 Å². The number of nitrogens with zero attached hydrogens (tertiary/aromatic N) is 3. The van der Waals surface area contributed by atoms with Crippen molar-refractivity contribution in [2.75, 3.05) is 0 Å². The number of halogens is 2. The second-order valence-electron chi connectivity index (χ2n) is 4.98. The summed E-state index contributed by atoms with van der Waals surface area (Å²) in [4.78, 5) is 20.0. The molecule has 25 heavy (non-hydrogen) atoms. The summed E-state index contributed by atoms with van der Waals surface area (Å²) in [7, 11) is 0. The number of para-hydroxylation sites is 1. The lowest BCUT2D eigenvalue weighted by molar-refractivity contribution is -0.139. The van der Waals surface area contributed by atoms with Crippen molar-refractivity contribution in [1.82, 2.24) is 14.5 Å². The van der Waals surface area contributed by atoms with Gasteiger partial charge in [-0.15, -0.1) is 0 Å². The predicted octanol–water partition coefficient (Wildman–Crippen LogP) is 4.33. The lowest BCUT2D eigenvalue weighted by Crippen LogP contribution is -2.06. The van der Waals surface area contributed by atoms with Crippen molar-refractivity contribution >= 4 is 35.2 Å². The number of imidazole rings is 1. The maximum absolute atomic E-state index is 11.9. The van der Waals surface area contributed by atoms with Crippen LogP contribution in [0.3, 0.4) is 0 Å². The zero-order valence-electron chi connectivity index (χ0n) is 13.0. The van der Waals surface area contributed by atoms with Gasteiger partial charge in [0.05, 0.1) is 5.69 Å². The van der Waals surface area contributed by atoms with E-state index in [1.54, 1.807) is 29.0 Å². The number of ether oxygens (including phenoxy) is 1. The Kier molecular flexibility index (Phi) is 5.48. The van der Waals surface area contributed by atoms with Crippen molar-refractivity contribution in [3.8, 4) is 5.69 Å². The Hall–Kier alpha value is -2.63. The molecule has 0 aliphatic rings. The topological polar surface area (TPSA) is 57.0 Å². The standard InChI is InChI=1S/C18H13Cl2N3O2/c19-17-15(23(18(20)22-17)14-7-2-1-3-8-14)12-25-16(24)10-9-13-6-4-5-11-21-13/h1-11H,12H2. The number of hydrogen-bond acceptors (Lipinski definition) is 4. The van der Waals surface area contributed by atoms with E-state index in [4.69, 9.17) is 27.9 Å². The average Bonchev–Trinajstić information content (AvgIpc) is 2.93. The van der Waals surface area contributed by atoms with Crippen LogP contribution in [-0.4, -0.2) is 20.5 Å². The zero-order valence-corrected chi connectivity index (χ0v) is 14.5. The third-order valence-electron chi connectivity index (χ3n) is 3.33. The highest BCUT2D eigenvalue weighted by Gasteiger charge is 2.17. The molecule has 0 atom stereocenters. The molecule has 7 heteroatoms. The molecular weight excluding hydrogens is 361 g/mol. The molecule has 3 aromatic rings. The molecule has 0 aliphatic carbocycles. The number of pyridine rings is 1. The van der Waals surface area contributed by atoms with Crippen LogP contribution in [0.4, 0.5) is 0 Å². The van der Waals surface area contributed by atoms with Crippen LogP contribution < -0.4 is 0 Å². The summed E-state index contributed by atoms with van der Waals surface area (Å²) in [6, 6.07) is 14.7. The summed E-state index contributed by atoms with van der Waals surface area (Å²) < 4.78 is 6.89. The highest BCUT2D eigenvalue weighted by Crippen LogP contribution is 2.26. The van der Waals surface area contributed by atoms with Gasteiger partial charge in [0.1, 0.15) is 12.3 Å². The molecule has 2 heterocycles. The molecule has 0 N–H and O–H groups in total. The van der Waals surface area contributed by atoms with E-state index >= 15 is 0 Å². The summed E-state index contributed by atoms with van der Waals surface area (Å²) >= 11 is 12.3. The van der Waals surface area contributed by atoms with E-state index in [9.17, 15) is 4.79 Å². The summed E-state index contributed by atoms with van der Waals surface area (Å²) in [6.45, 7) is -0.0567. The van der Waals surface area contributed by atoms with Crippen LogP contribution >= 0.6 is 23.2 Å². The lowest BCUT2D eigenvalue weighted by atomic mass is 10.3. The number of aromatic nitrogens is 3. The molecule has 0 spiro atoms. The van der Waals surface area contributed by atoms with Gasteiger partial charge in [-0.2, -0.15) is 0 Å². The highest BCUT2D eigenvalue weighted by atomic mass is 35.5. The minimum Gasteiger partial charge on any atom is -0.456 e. The van der Waals surface area contributed by atoms with Gasteiger partial charge in [-0.25, -0.2) is 9.78 Å². The molecule has 2 aromatic heterocycles. The summed E-state index contributed by atoms with van der Waals surface area (Å²) in [5, 5.41) is 0.390. The fraction of sp³-hybridized carbons (Fsp3) is 0.0556.